The summed E-state index contributed by atoms with van der Waals surface area (Å²) in [5.74, 6) is -0.00337. The van der Waals surface area contributed by atoms with Gasteiger partial charge in [-0.3, -0.25) is 4.79 Å². The second-order valence-electron chi connectivity index (χ2n) is 3.60. The Morgan fingerprint density at radius 3 is 2.29 bits per heavy atom. The van der Waals surface area contributed by atoms with E-state index in [1.807, 2.05) is 0 Å². The van der Waals surface area contributed by atoms with E-state index in [-0.39, 0.29) is 18.4 Å². The van der Waals surface area contributed by atoms with Crippen LogP contribution in [0.5, 0.6) is 0 Å². The second-order valence-corrected chi connectivity index (χ2v) is 3.60. The lowest BCUT2D eigenvalue weighted by Gasteiger charge is -2.24. The highest BCUT2D eigenvalue weighted by molar-refractivity contribution is 5.76. The highest BCUT2D eigenvalue weighted by Gasteiger charge is 2.27. The molecule has 0 aromatic rings. The number of ketones is 1. The van der Waals surface area contributed by atoms with E-state index in [4.69, 9.17) is 0 Å². The Labute approximate surface area is 82.1 Å². The molecule has 14 heavy (non-hydrogen) atoms. The standard InChI is InChI=1S/C9H16F3NO/c1-7(6-8(2)14)13(3)5-4-9(10,11)12/h7H,4-6H2,1-3H3. The van der Waals surface area contributed by atoms with Crippen LogP contribution in [0.1, 0.15) is 26.7 Å². The quantitative estimate of drug-likeness (QED) is 0.695. The van der Waals surface area contributed by atoms with Gasteiger partial charge in [0.25, 0.3) is 0 Å². The zero-order valence-corrected chi connectivity index (χ0v) is 8.69. The Morgan fingerprint density at radius 2 is 1.93 bits per heavy atom. The second kappa shape index (κ2) is 5.34. The zero-order chi connectivity index (χ0) is 11.4. The summed E-state index contributed by atoms with van der Waals surface area (Å²) >= 11 is 0. The van der Waals surface area contributed by atoms with E-state index in [2.05, 4.69) is 0 Å². The van der Waals surface area contributed by atoms with Crippen LogP contribution in [0, 0.1) is 0 Å². The Hall–Kier alpha value is -0.580. The van der Waals surface area contributed by atoms with Crippen molar-refractivity contribution in [2.24, 2.45) is 0 Å². The molecule has 0 rings (SSSR count). The average molecular weight is 211 g/mol. The lowest BCUT2D eigenvalue weighted by molar-refractivity contribution is -0.138. The molecule has 0 aliphatic heterocycles. The third-order valence-electron chi connectivity index (χ3n) is 2.08. The number of carbonyl (C=O) groups is 1. The highest BCUT2D eigenvalue weighted by atomic mass is 19.4. The van der Waals surface area contributed by atoms with Crippen molar-refractivity contribution < 1.29 is 18.0 Å². The summed E-state index contributed by atoms with van der Waals surface area (Å²) in [4.78, 5) is 12.3. The van der Waals surface area contributed by atoms with E-state index < -0.39 is 12.6 Å². The van der Waals surface area contributed by atoms with Gasteiger partial charge in [0.2, 0.25) is 0 Å². The van der Waals surface area contributed by atoms with Crippen molar-refractivity contribution in [3.05, 3.63) is 0 Å². The van der Waals surface area contributed by atoms with Crippen LogP contribution in [-0.2, 0) is 4.79 Å². The van der Waals surface area contributed by atoms with Crippen LogP contribution in [0.2, 0.25) is 0 Å². The summed E-state index contributed by atoms with van der Waals surface area (Å²) in [6, 6.07) is -0.130. The van der Waals surface area contributed by atoms with E-state index in [0.717, 1.165) is 0 Å². The minimum atomic E-state index is -4.12. The van der Waals surface area contributed by atoms with Crippen LogP contribution in [0.25, 0.3) is 0 Å². The Bertz CT molecular complexity index is 191. The SMILES string of the molecule is CC(=O)CC(C)N(C)CCC(F)(F)F. The van der Waals surface area contributed by atoms with E-state index in [9.17, 15) is 18.0 Å². The van der Waals surface area contributed by atoms with Crippen LogP contribution in [0.4, 0.5) is 13.2 Å². The summed E-state index contributed by atoms with van der Waals surface area (Å²) in [6.45, 7) is 3.13. The summed E-state index contributed by atoms with van der Waals surface area (Å²) in [6.07, 6.45) is -4.65. The Balaban J connectivity index is 3.84. The highest BCUT2D eigenvalue weighted by Crippen LogP contribution is 2.20. The van der Waals surface area contributed by atoms with Crippen molar-refractivity contribution >= 4 is 5.78 Å². The zero-order valence-electron chi connectivity index (χ0n) is 8.69. The fourth-order valence-electron chi connectivity index (χ4n) is 1.10. The lowest BCUT2D eigenvalue weighted by Crippen LogP contribution is -2.33. The van der Waals surface area contributed by atoms with Crippen LogP contribution in [0.15, 0.2) is 0 Å². The van der Waals surface area contributed by atoms with Crippen molar-refractivity contribution in [1.82, 2.24) is 4.90 Å². The smallest absolute Gasteiger partial charge is 0.303 e. The minimum Gasteiger partial charge on any atom is -0.303 e. The minimum absolute atomic E-state index is 0.00337. The number of Topliss-reactive ketones (excluding diaryl/α,β-unsaturated/α-hetero) is 1. The maximum atomic E-state index is 11.8. The Kier molecular flexibility index (Phi) is 5.12. The van der Waals surface area contributed by atoms with Crippen molar-refractivity contribution in [3.8, 4) is 0 Å². The molecule has 0 aromatic heterocycles. The Morgan fingerprint density at radius 1 is 1.43 bits per heavy atom. The molecular formula is C9H16F3NO. The van der Waals surface area contributed by atoms with Gasteiger partial charge < -0.3 is 4.90 Å². The predicted octanol–water partition coefficient (Wildman–Crippen LogP) is 2.24. The molecule has 0 fully saturated rings. The predicted molar refractivity (Wildman–Crippen MR) is 48.1 cm³/mol. The van der Waals surface area contributed by atoms with E-state index in [1.165, 1.54) is 6.92 Å². The summed E-state index contributed by atoms with van der Waals surface area (Å²) in [7, 11) is 1.60. The first-order valence-corrected chi connectivity index (χ1v) is 4.49. The van der Waals surface area contributed by atoms with Crippen molar-refractivity contribution in [2.75, 3.05) is 13.6 Å². The van der Waals surface area contributed by atoms with Gasteiger partial charge in [0.15, 0.2) is 0 Å². The molecule has 1 atom stereocenters. The molecule has 0 bridgehead atoms. The third kappa shape index (κ3) is 6.88. The van der Waals surface area contributed by atoms with Crippen molar-refractivity contribution in [1.29, 1.82) is 0 Å². The fourth-order valence-corrected chi connectivity index (χ4v) is 1.10. The normalized spacial score (nSPS) is 14.5. The molecule has 0 aliphatic rings. The summed E-state index contributed by atoms with van der Waals surface area (Å²) in [5.41, 5.74) is 0. The van der Waals surface area contributed by atoms with Gasteiger partial charge in [-0.25, -0.2) is 0 Å². The lowest BCUT2D eigenvalue weighted by atomic mass is 10.1. The van der Waals surface area contributed by atoms with E-state index in [1.54, 1.807) is 18.9 Å². The summed E-state index contributed by atoms with van der Waals surface area (Å²) in [5, 5.41) is 0. The van der Waals surface area contributed by atoms with Gasteiger partial charge in [-0.05, 0) is 20.9 Å². The summed E-state index contributed by atoms with van der Waals surface area (Å²) < 4.78 is 35.5. The average Bonchev–Trinajstić information content (AvgIpc) is 1.97. The van der Waals surface area contributed by atoms with Gasteiger partial charge in [0.05, 0.1) is 6.42 Å². The molecule has 84 valence electrons. The first-order chi connectivity index (χ1) is 6.22. The molecule has 0 spiro atoms. The molecule has 0 N–H and O–H groups in total. The molecule has 1 unspecified atom stereocenters. The van der Waals surface area contributed by atoms with E-state index >= 15 is 0 Å². The van der Waals surface area contributed by atoms with Gasteiger partial charge in [0, 0.05) is 19.0 Å². The number of rotatable bonds is 5. The molecule has 5 heteroatoms. The van der Waals surface area contributed by atoms with Gasteiger partial charge in [-0.15, -0.1) is 0 Å². The maximum absolute atomic E-state index is 11.8. The molecule has 0 aliphatic carbocycles. The molecule has 0 aromatic carbocycles. The van der Waals surface area contributed by atoms with Crippen LogP contribution < -0.4 is 0 Å². The maximum Gasteiger partial charge on any atom is 0.390 e. The van der Waals surface area contributed by atoms with Crippen LogP contribution in [-0.4, -0.2) is 36.5 Å². The molecule has 0 saturated carbocycles. The molecule has 0 saturated heterocycles. The van der Waals surface area contributed by atoms with Crippen LogP contribution >= 0.6 is 0 Å². The van der Waals surface area contributed by atoms with Gasteiger partial charge >= 0.3 is 6.18 Å². The van der Waals surface area contributed by atoms with Crippen molar-refractivity contribution in [3.63, 3.8) is 0 Å². The molecule has 0 amide bonds. The number of hydrogen-bond donors (Lipinski definition) is 0. The third-order valence-corrected chi connectivity index (χ3v) is 2.08. The largest absolute Gasteiger partial charge is 0.390 e. The molecular weight excluding hydrogens is 195 g/mol. The van der Waals surface area contributed by atoms with Gasteiger partial charge in [-0.2, -0.15) is 13.2 Å². The van der Waals surface area contributed by atoms with Crippen molar-refractivity contribution in [2.45, 2.75) is 38.9 Å². The number of carbonyl (C=O) groups excluding carboxylic acids is 1. The molecule has 0 radical (unpaired) electrons. The monoisotopic (exact) mass is 211 g/mol. The molecule has 0 heterocycles. The topological polar surface area (TPSA) is 20.3 Å². The number of nitrogens with zero attached hydrogens (tertiary/aromatic N) is 1. The van der Waals surface area contributed by atoms with Crippen LogP contribution in [0.3, 0.4) is 0 Å². The number of hydrogen-bond acceptors (Lipinski definition) is 2. The first kappa shape index (κ1) is 13.4. The van der Waals surface area contributed by atoms with Gasteiger partial charge in [0.1, 0.15) is 5.78 Å². The number of alkyl halides is 3. The van der Waals surface area contributed by atoms with E-state index in [0.29, 0.717) is 6.42 Å². The number of halogens is 3. The first-order valence-electron chi connectivity index (χ1n) is 4.49. The fraction of sp³-hybridized carbons (Fsp3) is 0.889. The van der Waals surface area contributed by atoms with Gasteiger partial charge in [-0.1, -0.05) is 0 Å². The molecule has 2 nitrogen and oxygen atoms in total.